The van der Waals surface area contributed by atoms with E-state index in [1.165, 1.54) is 12.8 Å². The molecule has 4 atom stereocenters. The number of fused-ring (bicyclic) bond motifs is 1. The van der Waals surface area contributed by atoms with Crippen LogP contribution in [-0.4, -0.2) is 61.4 Å². The van der Waals surface area contributed by atoms with Crippen LogP contribution in [0.2, 0.25) is 0 Å². The van der Waals surface area contributed by atoms with Gasteiger partial charge in [-0.05, 0) is 53.2 Å². The molecule has 0 spiro atoms. The molecule has 0 aliphatic carbocycles. The van der Waals surface area contributed by atoms with E-state index in [0.29, 0.717) is 30.7 Å². The summed E-state index contributed by atoms with van der Waals surface area (Å²) in [5, 5.41) is 8.67. The molecule has 44 heavy (non-hydrogen) atoms. The van der Waals surface area contributed by atoms with Crippen LogP contribution in [0.25, 0.3) is 11.2 Å². The number of hydrogen-bond acceptors (Lipinski definition) is 10. The summed E-state index contributed by atoms with van der Waals surface area (Å²) in [6.45, 7) is 18.8. The summed E-state index contributed by atoms with van der Waals surface area (Å²) in [4.78, 5) is 27.9. The molecule has 2 aromatic heterocycles. The van der Waals surface area contributed by atoms with Gasteiger partial charge in [0.05, 0.1) is 29.1 Å². The largest absolute Gasteiger partial charge is 2.00 e. The van der Waals surface area contributed by atoms with Crippen molar-refractivity contribution in [2.45, 2.75) is 105 Å². The number of azo groups is 1. The number of aromatic amines is 1. The van der Waals surface area contributed by atoms with Crippen LogP contribution in [0.4, 0.5) is 11.6 Å². The van der Waals surface area contributed by atoms with Crippen molar-refractivity contribution in [2.75, 3.05) is 6.54 Å². The maximum atomic E-state index is 12.5. The quantitative estimate of drug-likeness (QED) is 0.0499. The van der Waals surface area contributed by atoms with E-state index >= 15 is 0 Å². The Morgan fingerprint density at radius 2 is 1.89 bits per heavy atom. The summed E-state index contributed by atoms with van der Waals surface area (Å²) in [6, 6.07) is 9.69. The molecule has 4 rings (SSSR count). The molecule has 0 saturated carbocycles. The van der Waals surface area contributed by atoms with E-state index in [9.17, 15) is 4.79 Å². The maximum Gasteiger partial charge on any atom is 2.00 e. The second kappa shape index (κ2) is 19.1. The normalized spacial score (nSPS) is 19.2. The minimum absolute atomic E-state index is 0. The number of aliphatic imine (C=N–C) groups is 1. The third-order valence-electron chi connectivity index (χ3n) is 6.52. The predicted molar refractivity (Wildman–Crippen MR) is 171 cm³/mol. The fourth-order valence-corrected chi connectivity index (χ4v) is 6.12. The third kappa shape index (κ3) is 9.98. The van der Waals surface area contributed by atoms with E-state index < -0.39 is 20.3 Å². The van der Waals surface area contributed by atoms with Crippen LogP contribution in [0.15, 0.2) is 50.3 Å². The first kappa shape index (κ1) is 37.6. The van der Waals surface area contributed by atoms with Crippen LogP contribution < -0.4 is 5.56 Å². The summed E-state index contributed by atoms with van der Waals surface area (Å²) in [6.07, 6.45) is 6.44. The number of aromatic nitrogens is 4. The first-order valence-corrected chi connectivity index (χ1v) is 16.1. The number of unbranched alkanes of at least 4 members (excludes halogenated alkanes) is 1. The predicted octanol–water partition coefficient (Wildman–Crippen LogP) is 7.45. The van der Waals surface area contributed by atoms with Crippen molar-refractivity contribution < 1.29 is 30.3 Å². The number of H-pyrrole nitrogens is 1. The van der Waals surface area contributed by atoms with E-state index in [4.69, 9.17) is 13.8 Å². The van der Waals surface area contributed by atoms with Gasteiger partial charge in [0.15, 0.2) is 12.0 Å². The molecule has 1 aliphatic rings. The van der Waals surface area contributed by atoms with E-state index in [1.54, 1.807) is 4.57 Å². The van der Waals surface area contributed by atoms with Crippen LogP contribution in [-0.2, 0) is 30.3 Å². The van der Waals surface area contributed by atoms with Crippen LogP contribution in [0.3, 0.4) is 0 Å². The van der Waals surface area contributed by atoms with Gasteiger partial charge in [-0.2, -0.15) is 6.42 Å². The van der Waals surface area contributed by atoms with Gasteiger partial charge in [0.25, 0.3) is 0 Å². The molecule has 3 heterocycles. The van der Waals surface area contributed by atoms with Crippen molar-refractivity contribution in [3.63, 3.8) is 0 Å². The van der Waals surface area contributed by atoms with E-state index in [0.717, 1.165) is 6.42 Å². The van der Waals surface area contributed by atoms with Crippen LogP contribution >= 0.6 is 8.53 Å². The van der Waals surface area contributed by atoms with Gasteiger partial charge in [-0.1, -0.05) is 38.5 Å². The Morgan fingerprint density at radius 1 is 1.20 bits per heavy atom. The average molecular weight is 671 g/mol. The Kier molecular flexibility index (Phi) is 16.3. The minimum atomic E-state index is -1.46. The molecule has 0 amide bonds. The zero-order valence-corrected chi connectivity index (χ0v) is 28.5. The first-order chi connectivity index (χ1) is 20.7. The Balaban J connectivity index is 0.00000127. The summed E-state index contributed by atoms with van der Waals surface area (Å²) >= 11 is 0. The Labute approximate surface area is 272 Å². The van der Waals surface area contributed by atoms with Crippen LogP contribution in [0.5, 0.6) is 0 Å². The Morgan fingerprint density at radius 3 is 2.48 bits per heavy atom. The van der Waals surface area contributed by atoms with Crippen LogP contribution in [0.1, 0.15) is 80.4 Å². The maximum absolute atomic E-state index is 12.5. The van der Waals surface area contributed by atoms with Crippen molar-refractivity contribution in [3.8, 4) is 0 Å². The molecule has 0 radical (unpaired) electrons. The smallest absolute Gasteiger partial charge is 0.425 e. The standard InChI is InChI=1S/C26H36N8O4P.C4H9.Ni/c1-7-20-21(38-39(36-16-27-8-2)34(17(3)4)18(5)6)14-22(37-20)33-24-23(25(35)29-15-28-24)30-26(33)32-31-19-12-10-9-11-13-19;1-3-4-2;/h9-13,16-18,20-22H,7-8,14H2,1-6H3,(H,28,29,35);1,3-4H2,2H3;/q2*-1;+2/t20-,21-,22-,39?;;/m1../s1. The van der Waals surface area contributed by atoms with Gasteiger partial charge in [0, 0.05) is 31.4 Å². The summed E-state index contributed by atoms with van der Waals surface area (Å²) < 4.78 is 23.1. The van der Waals surface area contributed by atoms with Gasteiger partial charge in [-0.25, -0.2) is 9.65 Å². The first-order valence-electron chi connectivity index (χ1n) is 14.9. The van der Waals surface area contributed by atoms with Gasteiger partial charge >= 0.3 is 25.0 Å². The fraction of sp³-hybridized carbons (Fsp3) is 0.567. The second-order valence-electron chi connectivity index (χ2n) is 10.5. The minimum Gasteiger partial charge on any atom is -0.425 e. The molecule has 14 heteroatoms. The molecular formula is C30H45N8NiO4P. The number of nitrogens with zero attached hydrogens (tertiary/aromatic N) is 7. The molecule has 1 N–H and O–H groups in total. The molecule has 244 valence electrons. The molecule has 1 unspecified atom stereocenters. The Hall–Kier alpha value is -2.56. The number of imidazole rings is 1. The van der Waals surface area contributed by atoms with Crippen molar-refractivity contribution in [1.29, 1.82) is 0 Å². The summed E-state index contributed by atoms with van der Waals surface area (Å²) in [7, 11) is -1.46. The topological polar surface area (TPSA) is 132 Å². The molecule has 3 aromatic rings. The number of hydrogen-bond donors (Lipinski definition) is 1. The fourth-order valence-electron chi connectivity index (χ4n) is 4.50. The SMILES string of the molecule is CCN=COP(O[C@@H]1C[C@H](n2c(N=Nc3ccccc3)nc3c(=O)[nH][c-]nc32)O[C@@H]1CC)N(C(C)C)C(C)C.[CH2-]CCC.[Ni+2]. The monoisotopic (exact) mass is 670 g/mol. The second-order valence-corrected chi connectivity index (χ2v) is 11.8. The van der Waals surface area contributed by atoms with E-state index in [-0.39, 0.29) is 52.2 Å². The number of rotatable bonds is 13. The van der Waals surface area contributed by atoms with Gasteiger partial charge < -0.3 is 40.0 Å². The van der Waals surface area contributed by atoms with Crippen molar-refractivity contribution in [2.24, 2.45) is 15.2 Å². The van der Waals surface area contributed by atoms with Crippen molar-refractivity contribution >= 4 is 37.7 Å². The molecule has 1 aliphatic heterocycles. The van der Waals surface area contributed by atoms with Gasteiger partial charge in [-0.3, -0.25) is 4.99 Å². The average Bonchev–Trinajstić information content (AvgIpc) is 3.57. The summed E-state index contributed by atoms with van der Waals surface area (Å²) in [5.41, 5.74) is 0.706. The van der Waals surface area contributed by atoms with E-state index in [2.05, 4.69) is 82.7 Å². The van der Waals surface area contributed by atoms with Crippen molar-refractivity contribution in [1.82, 2.24) is 24.2 Å². The number of nitrogens with one attached hydrogen (secondary N) is 1. The summed E-state index contributed by atoms with van der Waals surface area (Å²) in [5.74, 6) is 0.214. The molecule has 1 saturated heterocycles. The zero-order valence-electron chi connectivity index (χ0n) is 26.6. The van der Waals surface area contributed by atoms with Gasteiger partial charge in [0.1, 0.15) is 6.23 Å². The van der Waals surface area contributed by atoms with Gasteiger partial charge in [0.2, 0.25) is 5.95 Å². The van der Waals surface area contributed by atoms with Gasteiger partial charge in [-0.15, -0.1) is 10.2 Å². The molecule has 1 fully saturated rings. The number of ether oxygens (including phenoxy) is 1. The number of benzene rings is 1. The molecule has 1 aromatic carbocycles. The molecule has 0 bridgehead atoms. The van der Waals surface area contributed by atoms with Crippen molar-refractivity contribution in [3.05, 3.63) is 53.9 Å². The zero-order chi connectivity index (χ0) is 31.4. The Bertz CT molecular complexity index is 1360. The van der Waals surface area contributed by atoms with Crippen LogP contribution in [0, 0.1) is 13.3 Å². The molecular weight excluding hydrogens is 626 g/mol. The molecule has 12 nitrogen and oxygen atoms in total. The third-order valence-corrected chi connectivity index (χ3v) is 8.54. The van der Waals surface area contributed by atoms with E-state index in [1.807, 2.05) is 44.2 Å².